The van der Waals surface area contributed by atoms with E-state index in [1.54, 1.807) is 18.2 Å². The van der Waals surface area contributed by atoms with Crippen LogP contribution < -0.4 is 11.5 Å². The Morgan fingerprint density at radius 3 is 2.72 bits per heavy atom. The monoisotopic (exact) mass is 331 g/mol. The minimum Gasteiger partial charge on any atom is -0.508 e. The Kier molecular flexibility index (Phi) is 5.37. The zero-order valence-corrected chi connectivity index (χ0v) is 12.2. The van der Waals surface area contributed by atoms with Crippen molar-refractivity contribution in [3.8, 4) is 5.75 Å². The highest BCUT2D eigenvalue weighted by molar-refractivity contribution is 9.11. The lowest BCUT2D eigenvalue weighted by atomic mass is 10.2. The number of nitrogens with zero attached hydrogens (tertiary/aromatic N) is 1. The van der Waals surface area contributed by atoms with E-state index in [1.165, 1.54) is 6.08 Å². The predicted octanol–water partition coefficient (Wildman–Crippen LogP) is 2.39. The highest BCUT2D eigenvalue weighted by Crippen LogP contribution is 2.18. The fourth-order valence-electron chi connectivity index (χ4n) is 1.39. The van der Waals surface area contributed by atoms with Gasteiger partial charge in [0.2, 0.25) is 0 Å². The Morgan fingerprint density at radius 1 is 1.50 bits per heavy atom. The molecule has 0 heterocycles. The minimum absolute atomic E-state index is 0.149. The van der Waals surface area contributed by atoms with Gasteiger partial charge in [-0.25, -0.2) is 0 Å². The quantitative estimate of drug-likeness (QED) is 0.584. The summed E-state index contributed by atoms with van der Waals surface area (Å²) in [6.45, 7) is 0.561. The van der Waals surface area contributed by atoms with Crippen LogP contribution in [0.3, 0.4) is 0 Å². The van der Waals surface area contributed by atoms with E-state index in [0.717, 1.165) is 5.56 Å². The molecule has 4 nitrogen and oxygen atoms in total. The largest absolute Gasteiger partial charge is 0.508 e. The number of phenolic OH excluding ortho intramolecular Hbond substituents is 1. The van der Waals surface area contributed by atoms with Crippen LogP contribution in [0.5, 0.6) is 5.75 Å². The lowest BCUT2D eigenvalue weighted by Crippen LogP contribution is -2.23. The first-order valence-electron chi connectivity index (χ1n) is 5.17. The predicted molar refractivity (Wildman–Crippen MR) is 77.8 cm³/mol. The van der Waals surface area contributed by atoms with E-state index in [0.29, 0.717) is 16.8 Å². The molecule has 0 aliphatic rings. The molecule has 1 aromatic rings. The van der Waals surface area contributed by atoms with E-state index in [4.69, 9.17) is 23.1 Å². The third-order valence-electron chi connectivity index (χ3n) is 2.25. The van der Waals surface area contributed by atoms with Crippen molar-refractivity contribution in [3.05, 3.63) is 51.4 Å². The van der Waals surface area contributed by atoms with Crippen molar-refractivity contribution in [1.82, 2.24) is 4.90 Å². The molecule has 0 amide bonds. The Hall–Kier alpha value is -1.33. The van der Waals surface area contributed by atoms with Crippen LogP contribution in [0.2, 0.25) is 0 Å². The fraction of sp³-hybridized carbons (Fsp3) is 0.167. The molecule has 1 aromatic carbocycles. The van der Waals surface area contributed by atoms with Crippen LogP contribution in [0, 0.1) is 0 Å². The van der Waals surface area contributed by atoms with Gasteiger partial charge in [-0.15, -0.1) is 0 Å². The number of aromatic hydroxyl groups is 1. The molecule has 0 spiro atoms. The molecule has 0 saturated heterocycles. The van der Waals surface area contributed by atoms with Gasteiger partial charge >= 0.3 is 0 Å². The molecule has 0 bridgehead atoms. The molecule has 0 aliphatic heterocycles. The number of allylic oxidation sites excluding steroid dienone is 2. The Balaban J connectivity index is 2.83. The summed E-state index contributed by atoms with van der Waals surface area (Å²) < 4.78 is 0.609. The van der Waals surface area contributed by atoms with E-state index < -0.39 is 0 Å². The molecule has 0 aromatic heterocycles. The van der Waals surface area contributed by atoms with E-state index in [9.17, 15) is 5.11 Å². The van der Waals surface area contributed by atoms with Crippen molar-refractivity contribution in [1.29, 1.82) is 0 Å². The van der Waals surface area contributed by atoms with Gasteiger partial charge in [0.15, 0.2) is 0 Å². The molecule has 98 valence electrons. The summed E-state index contributed by atoms with van der Waals surface area (Å²) in [4.78, 5) is 1.81. The Bertz CT molecular complexity index is 484. The molecule has 0 radical (unpaired) electrons. The van der Waals surface area contributed by atoms with Gasteiger partial charge in [0.05, 0.1) is 4.48 Å². The van der Waals surface area contributed by atoms with Crippen LogP contribution in [-0.4, -0.2) is 17.1 Å². The third kappa shape index (κ3) is 4.50. The smallest absolute Gasteiger partial charge is 0.115 e. The maximum Gasteiger partial charge on any atom is 0.115 e. The SMILES string of the molecule is CN(Cc1cccc(O)c1)/C(N)=C(Br)/C=C(\N)Cl. The summed E-state index contributed by atoms with van der Waals surface area (Å²) in [5.74, 6) is 0.731. The van der Waals surface area contributed by atoms with Crippen LogP contribution in [0.4, 0.5) is 0 Å². The molecule has 0 fully saturated rings. The minimum atomic E-state index is 0.149. The van der Waals surface area contributed by atoms with Crippen LogP contribution in [0.25, 0.3) is 0 Å². The maximum absolute atomic E-state index is 9.38. The molecule has 18 heavy (non-hydrogen) atoms. The second-order valence-electron chi connectivity index (χ2n) is 3.79. The highest BCUT2D eigenvalue weighted by Gasteiger charge is 2.06. The Labute approximate surface area is 120 Å². The number of phenols is 1. The van der Waals surface area contributed by atoms with Gasteiger partial charge in [-0.3, -0.25) is 0 Å². The summed E-state index contributed by atoms with van der Waals surface area (Å²) in [6.07, 6.45) is 1.52. The lowest BCUT2D eigenvalue weighted by molar-refractivity contribution is 0.403. The van der Waals surface area contributed by atoms with Gasteiger partial charge < -0.3 is 21.5 Å². The van der Waals surface area contributed by atoms with Crippen molar-refractivity contribution in [2.24, 2.45) is 11.5 Å². The van der Waals surface area contributed by atoms with Gasteiger partial charge in [0.1, 0.15) is 16.7 Å². The number of nitrogens with two attached hydrogens (primary N) is 2. The average molecular weight is 333 g/mol. The molecule has 0 aliphatic carbocycles. The van der Waals surface area contributed by atoms with Crippen molar-refractivity contribution < 1.29 is 5.11 Å². The number of rotatable bonds is 4. The Morgan fingerprint density at radius 2 is 2.17 bits per heavy atom. The number of hydrogen-bond acceptors (Lipinski definition) is 4. The molecular formula is C12H15BrClN3O. The summed E-state index contributed by atoms with van der Waals surface area (Å²) >= 11 is 8.86. The zero-order chi connectivity index (χ0) is 13.7. The summed E-state index contributed by atoms with van der Waals surface area (Å²) in [6, 6.07) is 6.99. The summed E-state index contributed by atoms with van der Waals surface area (Å²) in [5, 5.41) is 9.53. The van der Waals surface area contributed by atoms with Crippen molar-refractivity contribution >= 4 is 27.5 Å². The van der Waals surface area contributed by atoms with E-state index in [-0.39, 0.29) is 10.9 Å². The highest BCUT2D eigenvalue weighted by atomic mass is 79.9. The standard InChI is InChI=1S/C12H15BrClN3O/c1-17(12(16)10(13)6-11(14)15)7-8-3-2-4-9(18)5-8/h2-6,18H,7,15-16H2,1H3/b11-6-,12-10-. The van der Waals surface area contributed by atoms with Crippen molar-refractivity contribution in [2.45, 2.75) is 6.54 Å². The molecule has 0 atom stereocenters. The van der Waals surface area contributed by atoms with Gasteiger partial charge in [-0.05, 0) is 39.7 Å². The molecular weight excluding hydrogens is 318 g/mol. The normalized spacial score (nSPS) is 13.2. The number of hydrogen-bond donors (Lipinski definition) is 3. The molecule has 0 saturated carbocycles. The second-order valence-corrected chi connectivity index (χ2v) is 5.08. The molecule has 5 N–H and O–H groups in total. The van der Waals surface area contributed by atoms with Gasteiger partial charge in [0, 0.05) is 13.6 Å². The fourth-order valence-corrected chi connectivity index (χ4v) is 2.18. The van der Waals surface area contributed by atoms with Crippen molar-refractivity contribution in [2.75, 3.05) is 7.05 Å². The summed E-state index contributed by atoms with van der Waals surface area (Å²) in [7, 11) is 1.83. The van der Waals surface area contributed by atoms with E-state index >= 15 is 0 Å². The van der Waals surface area contributed by atoms with Crippen LogP contribution in [-0.2, 0) is 6.54 Å². The molecule has 0 unspecified atom stereocenters. The topological polar surface area (TPSA) is 75.5 Å². The van der Waals surface area contributed by atoms with Crippen LogP contribution >= 0.6 is 27.5 Å². The second kappa shape index (κ2) is 6.56. The van der Waals surface area contributed by atoms with Crippen LogP contribution in [0.15, 0.2) is 45.8 Å². The third-order valence-corrected chi connectivity index (χ3v) is 3.00. The lowest BCUT2D eigenvalue weighted by Gasteiger charge is -2.20. The molecule has 1 rings (SSSR count). The van der Waals surface area contributed by atoms with E-state index in [1.807, 2.05) is 18.0 Å². The average Bonchev–Trinajstić information content (AvgIpc) is 2.27. The van der Waals surface area contributed by atoms with Gasteiger partial charge in [-0.2, -0.15) is 0 Å². The van der Waals surface area contributed by atoms with Gasteiger partial charge in [0.25, 0.3) is 0 Å². The first kappa shape index (κ1) is 14.7. The number of halogens is 2. The number of benzene rings is 1. The van der Waals surface area contributed by atoms with Crippen LogP contribution in [0.1, 0.15) is 5.56 Å². The molecule has 6 heteroatoms. The first-order valence-corrected chi connectivity index (χ1v) is 6.34. The zero-order valence-electron chi connectivity index (χ0n) is 9.90. The van der Waals surface area contributed by atoms with Crippen molar-refractivity contribution in [3.63, 3.8) is 0 Å². The maximum atomic E-state index is 9.38. The summed E-state index contributed by atoms with van der Waals surface area (Å²) in [5.41, 5.74) is 12.2. The van der Waals surface area contributed by atoms with E-state index in [2.05, 4.69) is 15.9 Å². The first-order chi connectivity index (χ1) is 8.40. The van der Waals surface area contributed by atoms with Gasteiger partial charge in [-0.1, -0.05) is 23.7 Å².